The molecule has 0 amide bonds. The number of hydrogen-bond donors (Lipinski definition) is 1. The number of nitrogens with zero attached hydrogens (tertiary/aromatic N) is 1. The standard InChI is InChI=1S/C15H20N2O3/c1-15(2,10-16)7-4-8-20-14(18)11-5-6-13(19-3)12(17)9-11/h5-6,9H,4,7-8,17H2,1-3H3. The van der Waals surface area contributed by atoms with Gasteiger partial charge in [0.1, 0.15) is 5.75 Å². The first-order valence-electron chi connectivity index (χ1n) is 6.41. The molecule has 0 unspecified atom stereocenters. The van der Waals surface area contributed by atoms with E-state index in [1.807, 2.05) is 13.8 Å². The van der Waals surface area contributed by atoms with Gasteiger partial charge in [-0.15, -0.1) is 0 Å². The molecule has 0 bridgehead atoms. The summed E-state index contributed by atoms with van der Waals surface area (Å²) in [4.78, 5) is 11.8. The van der Waals surface area contributed by atoms with Gasteiger partial charge in [-0.2, -0.15) is 5.26 Å². The lowest BCUT2D eigenvalue weighted by Crippen LogP contribution is -2.12. The van der Waals surface area contributed by atoms with E-state index in [1.165, 1.54) is 13.2 Å². The summed E-state index contributed by atoms with van der Waals surface area (Å²) in [5.74, 6) is 0.103. The molecule has 0 atom stereocenters. The van der Waals surface area contributed by atoms with Gasteiger partial charge in [0.25, 0.3) is 0 Å². The first-order chi connectivity index (χ1) is 9.39. The normalized spacial score (nSPS) is 10.7. The number of benzene rings is 1. The highest BCUT2D eigenvalue weighted by Crippen LogP contribution is 2.23. The highest BCUT2D eigenvalue weighted by atomic mass is 16.5. The summed E-state index contributed by atoms with van der Waals surface area (Å²) >= 11 is 0. The summed E-state index contributed by atoms with van der Waals surface area (Å²) in [5.41, 5.74) is 6.13. The maximum Gasteiger partial charge on any atom is 0.338 e. The van der Waals surface area contributed by atoms with E-state index >= 15 is 0 Å². The van der Waals surface area contributed by atoms with Gasteiger partial charge in [-0.3, -0.25) is 0 Å². The van der Waals surface area contributed by atoms with E-state index in [9.17, 15) is 4.79 Å². The quantitative estimate of drug-likeness (QED) is 0.490. The zero-order valence-corrected chi connectivity index (χ0v) is 12.1. The van der Waals surface area contributed by atoms with Crippen LogP contribution in [0.3, 0.4) is 0 Å². The van der Waals surface area contributed by atoms with E-state index in [-0.39, 0.29) is 6.61 Å². The molecule has 0 aliphatic heterocycles. The molecule has 5 heteroatoms. The lowest BCUT2D eigenvalue weighted by atomic mass is 9.90. The summed E-state index contributed by atoms with van der Waals surface area (Å²) in [6, 6.07) is 6.98. The van der Waals surface area contributed by atoms with Gasteiger partial charge in [0.15, 0.2) is 0 Å². The second-order valence-corrected chi connectivity index (χ2v) is 5.19. The molecule has 0 spiro atoms. The van der Waals surface area contributed by atoms with E-state index in [2.05, 4.69) is 6.07 Å². The van der Waals surface area contributed by atoms with Gasteiger partial charge in [-0.1, -0.05) is 0 Å². The second-order valence-electron chi connectivity index (χ2n) is 5.19. The Morgan fingerprint density at radius 3 is 2.70 bits per heavy atom. The van der Waals surface area contributed by atoms with Crippen molar-refractivity contribution in [2.24, 2.45) is 5.41 Å². The Bertz CT molecular complexity index is 518. The number of hydrogen-bond acceptors (Lipinski definition) is 5. The van der Waals surface area contributed by atoms with E-state index in [4.69, 9.17) is 20.5 Å². The number of methoxy groups -OCH3 is 1. The fourth-order valence-corrected chi connectivity index (χ4v) is 1.68. The zero-order valence-electron chi connectivity index (χ0n) is 12.1. The third kappa shape index (κ3) is 4.47. The Kier molecular flexibility index (Phi) is 5.39. The largest absolute Gasteiger partial charge is 0.495 e. The molecule has 108 valence electrons. The molecule has 0 heterocycles. The van der Waals surface area contributed by atoms with Crippen molar-refractivity contribution in [1.29, 1.82) is 5.26 Å². The minimum Gasteiger partial charge on any atom is -0.495 e. The van der Waals surface area contributed by atoms with Crippen LogP contribution >= 0.6 is 0 Å². The fourth-order valence-electron chi connectivity index (χ4n) is 1.68. The van der Waals surface area contributed by atoms with Gasteiger partial charge in [0.05, 0.1) is 36.5 Å². The smallest absolute Gasteiger partial charge is 0.338 e. The van der Waals surface area contributed by atoms with Gasteiger partial charge in [0.2, 0.25) is 0 Å². The van der Waals surface area contributed by atoms with Crippen molar-refractivity contribution in [2.45, 2.75) is 26.7 Å². The highest BCUT2D eigenvalue weighted by Gasteiger charge is 2.16. The minimum atomic E-state index is -0.422. The molecule has 1 rings (SSSR count). The maximum absolute atomic E-state index is 11.8. The lowest BCUT2D eigenvalue weighted by Gasteiger charge is -2.14. The number of rotatable bonds is 6. The Morgan fingerprint density at radius 1 is 1.45 bits per heavy atom. The van der Waals surface area contributed by atoms with Crippen molar-refractivity contribution >= 4 is 11.7 Å². The fraction of sp³-hybridized carbons (Fsp3) is 0.467. The molecule has 2 N–H and O–H groups in total. The van der Waals surface area contributed by atoms with Crippen molar-refractivity contribution in [3.63, 3.8) is 0 Å². The summed E-state index contributed by atoms with van der Waals surface area (Å²) < 4.78 is 10.2. The van der Waals surface area contributed by atoms with Crippen molar-refractivity contribution < 1.29 is 14.3 Å². The van der Waals surface area contributed by atoms with Crippen LogP contribution in [0.25, 0.3) is 0 Å². The molecule has 0 aliphatic rings. The maximum atomic E-state index is 11.8. The molecule has 20 heavy (non-hydrogen) atoms. The number of carbonyl (C=O) groups excluding carboxylic acids is 1. The van der Waals surface area contributed by atoms with Gasteiger partial charge in [-0.25, -0.2) is 4.79 Å². The number of ether oxygens (including phenoxy) is 2. The SMILES string of the molecule is COc1ccc(C(=O)OCCCC(C)(C)C#N)cc1N. The van der Waals surface area contributed by atoms with Crippen molar-refractivity contribution in [1.82, 2.24) is 0 Å². The predicted octanol–water partition coefficient (Wildman–Crippen LogP) is 2.76. The van der Waals surface area contributed by atoms with Gasteiger partial charge in [-0.05, 0) is 44.9 Å². The van der Waals surface area contributed by atoms with Crippen LogP contribution in [-0.4, -0.2) is 19.7 Å². The van der Waals surface area contributed by atoms with E-state index in [1.54, 1.807) is 12.1 Å². The molecule has 0 saturated heterocycles. The first-order valence-corrected chi connectivity index (χ1v) is 6.41. The highest BCUT2D eigenvalue weighted by molar-refractivity contribution is 5.91. The van der Waals surface area contributed by atoms with Gasteiger partial charge < -0.3 is 15.2 Å². The summed E-state index contributed by atoms with van der Waals surface area (Å²) in [7, 11) is 1.51. The average Bonchev–Trinajstić information content (AvgIpc) is 2.43. The van der Waals surface area contributed by atoms with Crippen molar-refractivity contribution in [3.05, 3.63) is 23.8 Å². The predicted molar refractivity (Wildman–Crippen MR) is 76.3 cm³/mol. The molecule has 0 aliphatic carbocycles. The lowest BCUT2D eigenvalue weighted by molar-refractivity contribution is 0.0491. The third-order valence-electron chi connectivity index (χ3n) is 2.95. The number of carbonyl (C=O) groups is 1. The van der Waals surface area contributed by atoms with Gasteiger partial charge in [0, 0.05) is 0 Å². The molecule has 1 aromatic rings. The van der Waals surface area contributed by atoms with Crippen molar-refractivity contribution in [2.75, 3.05) is 19.5 Å². The van der Waals surface area contributed by atoms with Crippen LogP contribution in [0.1, 0.15) is 37.0 Å². The number of nitrogen functional groups attached to an aromatic ring is 1. The molecule has 0 saturated carbocycles. The number of esters is 1. The topological polar surface area (TPSA) is 85.3 Å². The van der Waals surface area contributed by atoms with Crippen LogP contribution < -0.4 is 10.5 Å². The Balaban J connectivity index is 2.48. The van der Waals surface area contributed by atoms with Crippen LogP contribution in [0.15, 0.2) is 18.2 Å². The molecule has 5 nitrogen and oxygen atoms in total. The Morgan fingerprint density at radius 2 is 2.15 bits per heavy atom. The van der Waals surface area contributed by atoms with Crippen LogP contribution in [0.5, 0.6) is 5.75 Å². The number of anilines is 1. The average molecular weight is 276 g/mol. The molecule has 1 aromatic carbocycles. The summed E-state index contributed by atoms with van der Waals surface area (Å²) in [5, 5.41) is 8.88. The molecular weight excluding hydrogens is 256 g/mol. The first kappa shape index (κ1) is 15.8. The minimum absolute atomic E-state index is 0.288. The summed E-state index contributed by atoms with van der Waals surface area (Å²) in [6.45, 7) is 4.01. The van der Waals surface area contributed by atoms with Crippen LogP contribution in [0.2, 0.25) is 0 Å². The van der Waals surface area contributed by atoms with Crippen LogP contribution in [0, 0.1) is 16.7 Å². The molecular formula is C15H20N2O3. The Hall–Kier alpha value is -2.22. The third-order valence-corrected chi connectivity index (χ3v) is 2.95. The molecule has 0 fully saturated rings. The van der Waals surface area contributed by atoms with Crippen LogP contribution in [0.4, 0.5) is 5.69 Å². The van der Waals surface area contributed by atoms with Crippen molar-refractivity contribution in [3.8, 4) is 11.8 Å². The molecule has 0 aromatic heterocycles. The number of nitrogens with two attached hydrogens (primary N) is 1. The van der Waals surface area contributed by atoms with E-state index < -0.39 is 11.4 Å². The van der Waals surface area contributed by atoms with E-state index in [0.717, 1.165) is 0 Å². The van der Waals surface area contributed by atoms with Gasteiger partial charge >= 0.3 is 5.97 Å². The van der Waals surface area contributed by atoms with Crippen LogP contribution in [-0.2, 0) is 4.74 Å². The summed E-state index contributed by atoms with van der Waals surface area (Å²) in [6.07, 6.45) is 1.33. The second kappa shape index (κ2) is 6.80. The molecule has 0 radical (unpaired) electrons. The zero-order chi connectivity index (χ0) is 15.2. The number of nitriles is 1. The Labute approximate surface area is 119 Å². The van der Waals surface area contributed by atoms with E-state index in [0.29, 0.717) is 29.8 Å². The monoisotopic (exact) mass is 276 g/mol.